The van der Waals surface area contributed by atoms with Gasteiger partial charge < -0.3 is 4.90 Å². The average molecular weight is 440 g/mol. The Labute approximate surface area is 194 Å². The van der Waals surface area contributed by atoms with Crippen molar-refractivity contribution in [2.24, 2.45) is 0 Å². The van der Waals surface area contributed by atoms with E-state index < -0.39 is 0 Å². The van der Waals surface area contributed by atoms with Gasteiger partial charge in [0, 0.05) is 12.6 Å². The van der Waals surface area contributed by atoms with Crippen LogP contribution in [0.3, 0.4) is 0 Å². The maximum Gasteiger partial charge on any atom is 0.266 e. The Balaban J connectivity index is 1.95. The molecule has 1 heterocycles. The summed E-state index contributed by atoms with van der Waals surface area (Å²) < 4.78 is 1.69. The van der Waals surface area contributed by atoms with Crippen LogP contribution in [-0.2, 0) is 0 Å². The van der Waals surface area contributed by atoms with E-state index in [0.29, 0.717) is 28.7 Å². The third-order valence-electron chi connectivity index (χ3n) is 6.24. The number of rotatable bonds is 5. The summed E-state index contributed by atoms with van der Waals surface area (Å²) in [5, 5.41) is 0.559. The van der Waals surface area contributed by atoms with Crippen molar-refractivity contribution < 1.29 is 4.79 Å². The quantitative estimate of drug-likeness (QED) is 0.411. The van der Waals surface area contributed by atoms with Crippen molar-refractivity contribution in [3.63, 3.8) is 0 Å². The Morgan fingerprint density at radius 2 is 1.67 bits per heavy atom. The van der Waals surface area contributed by atoms with Crippen LogP contribution in [0, 0.1) is 20.8 Å². The second-order valence-corrected chi connectivity index (χ2v) is 8.57. The number of para-hydroxylation sites is 1. The predicted molar refractivity (Wildman–Crippen MR) is 133 cm³/mol. The molecule has 1 amide bonds. The molecular formula is C28H29N3O2. The van der Waals surface area contributed by atoms with Crippen molar-refractivity contribution in [3.8, 4) is 5.69 Å². The summed E-state index contributed by atoms with van der Waals surface area (Å²) in [5.41, 5.74) is 4.97. The topological polar surface area (TPSA) is 55.2 Å². The second kappa shape index (κ2) is 9.02. The molecule has 0 bridgehead atoms. The summed E-state index contributed by atoms with van der Waals surface area (Å²) >= 11 is 0. The van der Waals surface area contributed by atoms with E-state index in [9.17, 15) is 9.59 Å². The van der Waals surface area contributed by atoms with E-state index in [-0.39, 0.29) is 17.5 Å². The van der Waals surface area contributed by atoms with Gasteiger partial charge >= 0.3 is 0 Å². The minimum Gasteiger partial charge on any atom is -0.332 e. The first-order valence-electron chi connectivity index (χ1n) is 11.3. The lowest BCUT2D eigenvalue weighted by Gasteiger charge is -2.30. The van der Waals surface area contributed by atoms with Crippen LogP contribution in [0.25, 0.3) is 16.6 Å². The maximum absolute atomic E-state index is 13.7. The number of hydrogen-bond donors (Lipinski definition) is 0. The lowest BCUT2D eigenvalue weighted by molar-refractivity contribution is 0.0716. The van der Waals surface area contributed by atoms with Crippen molar-refractivity contribution in [3.05, 3.63) is 105 Å². The van der Waals surface area contributed by atoms with E-state index in [4.69, 9.17) is 4.98 Å². The van der Waals surface area contributed by atoms with Crippen molar-refractivity contribution in [1.29, 1.82) is 0 Å². The van der Waals surface area contributed by atoms with Gasteiger partial charge in [0.15, 0.2) is 0 Å². The number of benzene rings is 3. The highest BCUT2D eigenvalue weighted by atomic mass is 16.2. The number of amides is 1. The second-order valence-electron chi connectivity index (χ2n) is 8.57. The number of nitrogens with zero attached hydrogens (tertiary/aromatic N) is 3. The first kappa shape index (κ1) is 22.5. The molecule has 0 fully saturated rings. The molecule has 4 rings (SSSR count). The van der Waals surface area contributed by atoms with E-state index in [0.717, 1.165) is 22.4 Å². The first-order valence-corrected chi connectivity index (χ1v) is 11.3. The van der Waals surface area contributed by atoms with Gasteiger partial charge in [0.25, 0.3) is 11.5 Å². The molecule has 0 N–H and O–H groups in total. The van der Waals surface area contributed by atoms with Gasteiger partial charge in [0.2, 0.25) is 0 Å². The van der Waals surface area contributed by atoms with Gasteiger partial charge in [-0.25, -0.2) is 4.98 Å². The summed E-state index contributed by atoms with van der Waals surface area (Å²) in [4.78, 5) is 33.8. The third-order valence-corrected chi connectivity index (χ3v) is 6.24. The molecule has 5 heteroatoms. The van der Waals surface area contributed by atoms with Crippen molar-refractivity contribution in [2.45, 2.75) is 40.2 Å². The number of hydrogen-bond acceptors (Lipinski definition) is 3. The Morgan fingerprint density at radius 1 is 0.970 bits per heavy atom. The largest absolute Gasteiger partial charge is 0.332 e. The Hall–Kier alpha value is -3.73. The summed E-state index contributed by atoms with van der Waals surface area (Å²) in [6, 6.07) is 20.6. The van der Waals surface area contributed by atoms with Crippen molar-refractivity contribution in [1.82, 2.24) is 14.5 Å². The number of carbonyl (C=O) groups excluding carboxylic acids is 1. The molecule has 3 aromatic carbocycles. The smallest absolute Gasteiger partial charge is 0.266 e. The summed E-state index contributed by atoms with van der Waals surface area (Å²) in [6.45, 7) is 7.97. The zero-order valence-corrected chi connectivity index (χ0v) is 19.8. The average Bonchev–Trinajstić information content (AvgIpc) is 2.80. The van der Waals surface area contributed by atoms with E-state index in [2.05, 4.69) is 6.07 Å². The van der Waals surface area contributed by atoms with E-state index >= 15 is 0 Å². The van der Waals surface area contributed by atoms with Crippen LogP contribution < -0.4 is 5.56 Å². The van der Waals surface area contributed by atoms with Crippen LogP contribution >= 0.6 is 0 Å². The minimum absolute atomic E-state index is 0.0884. The molecule has 0 saturated heterocycles. The highest BCUT2D eigenvalue weighted by molar-refractivity contribution is 5.95. The van der Waals surface area contributed by atoms with Gasteiger partial charge in [-0.1, -0.05) is 55.0 Å². The SMILES string of the molecule is CCC(c1nc2ccccc2c(=O)n1-c1ccc(C)cc1C)N(C)C(=O)c1ccccc1C. The molecule has 1 unspecified atom stereocenters. The lowest BCUT2D eigenvalue weighted by Crippen LogP contribution is -2.36. The Bertz CT molecular complexity index is 1400. The third kappa shape index (κ3) is 4.07. The van der Waals surface area contributed by atoms with Crippen LogP contribution in [-0.4, -0.2) is 27.4 Å². The van der Waals surface area contributed by atoms with Crippen LogP contribution in [0.5, 0.6) is 0 Å². The maximum atomic E-state index is 13.7. The molecular weight excluding hydrogens is 410 g/mol. The molecule has 0 aliphatic carbocycles. The number of fused-ring (bicyclic) bond motifs is 1. The molecule has 5 nitrogen and oxygen atoms in total. The molecule has 0 saturated carbocycles. The molecule has 0 spiro atoms. The normalized spacial score (nSPS) is 12.0. The highest BCUT2D eigenvalue weighted by Gasteiger charge is 2.28. The van der Waals surface area contributed by atoms with Crippen LogP contribution in [0.2, 0.25) is 0 Å². The fourth-order valence-electron chi connectivity index (χ4n) is 4.44. The first-order chi connectivity index (χ1) is 15.8. The molecule has 1 aromatic heterocycles. The van der Waals surface area contributed by atoms with E-state index in [1.54, 1.807) is 22.6 Å². The Morgan fingerprint density at radius 3 is 2.36 bits per heavy atom. The van der Waals surface area contributed by atoms with Gasteiger partial charge in [0.05, 0.1) is 22.6 Å². The van der Waals surface area contributed by atoms with Gasteiger partial charge in [-0.2, -0.15) is 0 Å². The standard InChI is InChI=1S/C28H29N3O2/c1-6-24(30(5)27(32)21-12-8-7-11-19(21)3)26-29-23-14-10-9-13-22(23)28(33)31(26)25-16-15-18(2)17-20(25)4/h7-17,24H,6H2,1-5H3. The van der Waals surface area contributed by atoms with Gasteiger partial charge in [-0.15, -0.1) is 0 Å². The summed E-state index contributed by atoms with van der Waals surface area (Å²) in [6.07, 6.45) is 0.615. The zero-order valence-electron chi connectivity index (χ0n) is 19.8. The van der Waals surface area contributed by atoms with Crippen molar-refractivity contribution >= 4 is 16.8 Å². The fourth-order valence-corrected chi connectivity index (χ4v) is 4.44. The molecule has 0 aliphatic rings. The summed E-state index contributed by atoms with van der Waals surface area (Å²) in [5.74, 6) is 0.479. The monoisotopic (exact) mass is 439 g/mol. The van der Waals surface area contributed by atoms with E-state index in [1.165, 1.54) is 0 Å². The molecule has 1 atom stereocenters. The minimum atomic E-state index is -0.380. The molecule has 168 valence electrons. The number of aromatic nitrogens is 2. The number of aryl methyl sites for hydroxylation is 3. The molecule has 4 aromatic rings. The predicted octanol–water partition coefficient (Wildman–Crippen LogP) is 5.53. The summed E-state index contributed by atoms with van der Waals surface area (Å²) in [7, 11) is 1.79. The van der Waals surface area contributed by atoms with Crippen LogP contribution in [0.1, 0.15) is 52.3 Å². The van der Waals surface area contributed by atoms with Crippen molar-refractivity contribution in [2.75, 3.05) is 7.05 Å². The Kier molecular flexibility index (Phi) is 6.14. The fraction of sp³-hybridized carbons (Fsp3) is 0.250. The number of carbonyl (C=O) groups is 1. The van der Waals surface area contributed by atoms with Crippen LogP contribution in [0.15, 0.2) is 71.5 Å². The van der Waals surface area contributed by atoms with Gasteiger partial charge in [0.1, 0.15) is 5.82 Å². The highest BCUT2D eigenvalue weighted by Crippen LogP contribution is 2.28. The van der Waals surface area contributed by atoms with E-state index in [1.807, 2.05) is 82.3 Å². The lowest BCUT2D eigenvalue weighted by atomic mass is 10.0. The molecule has 33 heavy (non-hydrogen) atoms. The molecule has 0 aliphatic heterocycles. The zero-order chi connectivity index (χ0) is 23.7. The van der Waals surface area contributed by atoms with Gasteiger partial charge in [-0.05, 0) is 62.6 Å². The van der Waals surface area contributed by atoms with Crippen LogP contribution in [0.4, 0.5) is 0 Å². The molecule has 0 radical (unpaired) electrons. The van der Waals surface area contributed by atoms with Gasteiger partial charge in [-0.3, -0.25) is 14.2 Å².